The van der Waals surface area contributed by atoms with Gasteiger partial charge in [-0.1, -0.05) is 0 Å². The molecule has 0 unspecified atom stereocenters. The molecule has 0 saturated heterocycles. The van der Waals surface area contributed by atoms with Gasteiger partial charge in [0.25, 0.3) is 0 Å². The molecule has 12 heavy (non-hydrogen) atoms. The molecule has 0 atom stereocenters. The summed E-state index contributed by atoms with van der Waals surface area (Å²) in [6, 6.07) is 1.66. The molecule has 62 valence electrons. The first kappa shape index (κ1) is 7.30. The van der Waals surface area contributed by atoms with Gasteiger partial charge in [-0.15, -0.1) is 11.3 Å². The van der Waals surface area contributed by atoms with Gasteiger partial charge in [0.2, 0.25) is 0 Å². The van der Waals surface area contributed by atoms with E-state index in [1.165, 1.54) is 11.3 Å². The fraction of sp³-hybridized carbons (Fsp3) is 0.143. The van der Waals surface area contributed by atoms with Gasteiger partial charge < -0.3 is 10.4 Å². The third kappa shape index (κ3) is 1.08. The molecule has 1 aromatic rings. The molecule has 0 aliphatic carbocycles. The maximum atomic E-state index is 10.6. The predicted molar refractivity (Wildman–Crippen MR) is 46.3 cm³/mol. The molecule has 1 aromatic heterocycles. The fourth-order valence-electron chi connectivity index (χ4n) is 1.02. The number of aliphatic imine (C=N–C) groups is 1. The lowest BCUT2D eigenvalue weighted by atomic mass is 10.3. The van der Waals surface area contributed by atoms with Crippen molar-refractivity contribution in [1.29, 1.82) is 0 Å². The number of nitrogens with zero attached hydrogens (tertiary/aromatic N) is 1. The van der Waals surface area contributed by atoms with Crippen LogP contribution in [-0.4, -0.2) is 17.4 Å². The summed E-state index contributed by atoms with van der Waals surface area (Å²) in [6.07, 6.45) is 1.59. The number of rotatable bonds is 1. The minimum absolute atomic E-state index is 0.348. The molecule has 0 aromatic carbocycles. The molecule has 2 heterocycles. The smallest absolute Gasteiger partial charge is 0.345 e. The Balaban J connectivity index is 2.46. The van der Waals surface area contributed by atoms with Crippen LogP contribution in [0.5, 0.6) is 0 Å². The molecule has 0 amide bonds. The molecule has 2 rings (SSSR count). The maximum absolute atomic E-state index is 10.6. The van der Waals surface area contributed by atoms with Crippen molar-refractivity contribution >= 4 is 28.6 Å². The Hall–Kier alpha value is -1.36. The average Bonchev–Trinajstić information content (AvgIpc) is 2.46. The van der Waals surface area contributed by atoms with Gasteiger partial charge in [0.1, 0.15) is 9.88 Å². The third-order valence-electron chi connectivity index (χ3n) is 1.56. The summed E-state index contributed by atoms with van der Waals surface area (Å²) in [6.45, 7) is 0.669. The van der Waals surface area contributed by atoms with Crippen molar-refractivity contribution in [3.05, 3.63) is 16.5 Å². The molecule has 0 saturated carbocycles. The van der Waals surface area contributed by atoms with Crippen LogP contribution in [0.1, 0.15) is 15.2 Å². The van der Waals surface area contributed by atoms with E-state index in [9.17, 15) is 4.79 Å². The number of hydrogen-bond donors (Lipinski definition) is 2. The van der Waals surface area contributed by atoms with Crippen molar-refractivity contribution in [2.24, 2.45) is 4.99 Å². The highest BCUT2D eigenvalue weighted by Crippen LogP contribution is 2.31. The van der Waals surface area contributed by atoms with Crippen LogP contribution in [-0.2, 0) is 6.54 Å². The SMILES string of the molecule is O=C(O)c1cc2c(s1)N=CNC2. The van der Waals surface area contributed by atoms with E-state index in [0.717, 1.165) is 10.6 Å². The molecular formula is C7H6N2O2S. The Morgan fingerprint density at radius 1 is 1.75 bits per heavy atom. The summed E-state index contributed by atoms with van der Waals surface area (Å²) in [5, 5.41) is 12.4. The normalized spacial score (nSPS) is 13.7. The van der Waals surface area contributed by atoms with Crippen molar-refractivity contribution in [1.82, 2.24) is 5.32 Å². The highest BCUT2D eigenvalue weighted by Gasteiger charge is 2.14. The average molecular weight is 182 g/mol. The van der Waals surface area contributed by atoms with Gasteiger partial charge in [-0.2, -0.15) is 0 Å². The van der Waals surface area contributed by atoms with E-state index in [0.29, 0.717) is 11.4 Å². The Morgan fingerprint density at radius 2 is 2.58 bits per heavy atom. The lowest BCUT2D eigenvalue weighted by Crippen LogP contribution is -2.12. The Labute approximate surface area is 72.6 Å². The van der Waals surface area contributed by atoms with Crippen LogP contribution in [0.4, 0.5) is 5.00 Å². The third-order valence-corrected chi connectivity index (χ3v) is 2.64. The maximum Gasteiger partial charge on any atom is 0.345 e. The quantitative estimate of drug-likeness (QED) is 0.686. The number of hydrogen-bond acceptors (Lipinski definition) is 4. The van der Waals surface area contributed by atoms with Crippen LogP contribution in [0.15, 0.2) is 11.1 Å². The zero-order chi connectivity index (χ0) is 8.55. The molecule has 2 N–H and O–H groups in total. The predicted octanol–water partition coefficient (Wildman–Crippen LogP) is 1.21. The molecule has 0 fully saturated rings. The number of fused-ring (bicyclic) bond motifs is 1. The second-order valence-corrected chi connectivity index (χ2v) is 3.42. The van der Waals surface area contributed by atoms with E-state index >= 15 is 0 Å². The number of aromatic carboxylic acids is 1. The van der Waals surface area contributed by atoms with Crippen LogP contribution >= 0.6 is 11.3 Å². The van der Waals surface area contributed by atoms with E-state index in [-0.39, 0.29) is 0 Å². The van der Waals surface area contributed by atoms with Crippen LogP contribution in [0.3, 0.4) is 0 Å². The molecule has 0 radical (unpaired) electrons. The summed E-state index contributed by atoms with van der Waals surface area (Å²) in [7, 11) is 0. The Kier molecular flexibility index (Phi) is 1.58. The summed E-state index contributed by atoms with van der Waals surface area (Å²) in [4.78, 5) is 14.9. The van der Waals surface area contributed by atoms with E-state index in [4.69, 9.17) is 5.11 Å². The Bertz CT molecular complexity index is 356. The van der Waals surface area contributed by atoms with Crippen LogP contribution in [0.25, 0.3) is 0 Å². The van der Waals surface area contributed by atoms with Gasteiger partial charge in [0, 0.05) is 12.1 Å². The van der Waals surface area contributed by atoms with E-state index in [2.05, 4.69) is 10.3 Å². The van der Waals surface area contributed by atoms with Crippen molar-refractivity contribution in [3.8, 4) is 0 Å². The molecule has 1 aliphatic rings. The lowest BCUT2D eigenvalue weighted by Gasteiger charge is -2.03. The van der Waals surface area contributed by atoms with Gasteiger partial charge in [0.05, 0.1) is 6.34 Å². The molecule has 4 nitrogen and oxygen atoms in total. The van der Waals surface area contributed by atoms with Crippen LogP contribution < -0.4 is 5.32 Å². The lowest BCUT2D eigenvalue weighted by molar-refractivity contribution is 0.0702. The number of thiophene rings is 1. The molecular weight excluding hydrogens is 176 g/mol. The highest BCUT2D eigenvalue weighted by molar-refractivity contribution is 7.17. The summed E-state index contributed by atoms with van der Waals surface area (Å²) < 4.78 is 0. The van der Waals surface area contributed by atoms with Gasteiger partial charge in [-0.05, 0) is 6.07 Å². The first-order valence-corrected chi connectivity index (χ1v) is 4.21. The summed E-state index contributed by atoms with van der Waals surface area (Å²) in [5.41, 5.74) is 0.958. The van der Waals surface area contributed by atoms with E-state index in [1.807, 2.05) is 0 Å². The number of carboxylic acids is 1. The second kappa shape index (κ2) is 2.60. The Morgan fingerprint density at radius 3 is 3.25 bits per heavy atom. The van der Waals surface area contributed by atoms with Gasteiger partial charge in [0.15, 0.2) is 0 Å². The van der Waals surface area contributed by atoms with E-state index < -0.39 is 5.97 Å². The second-order valence-electron chi connectivity index (χ2n) is 2.39. The van der Waals surface area contributed by atoms with Crippen molar-refractivity contribution < 1.29 is 9.90 Å². The van der Waals surface area contributed by atoms with Crippen LogP contribution in [0.2, 0.25) is 0 Å². The minimum atomic E-state index is -0.885. The molecule has 0 bridgehead atoms. The zero-order valence-corrected chi connectivity index (χ0v) is 6.89. The highest BCUT2D eigenvalue weighted by atomic mass is 32.1. The number of carbonyl (C=O) groups is 1. The molecule has 0 spiro atoms. The topological polar surface area (TPSA) is 61.7 Å². The molecule has 5 heteroatoms. The number of nitrogens with one attached hydrogen (secondary N) is 1. The number of carboxylic acid groups (broad SMARTS) is 1. The largest absolute Gasteiger partial charge is 0.477 e. The summed E-state index contributed by atoms with van der Waals surface area (Å²) >= 11 is 1.21. The summed E-state index contributed by atoms with van der Waals surface area (Å²) in [5.74, 6) is -0.885. The van der Waals surface area contributed by atoms with Crippen molar-refractivity contribution in [2.45, 2.75) is 6.54 Å². The van der Waals surface area contributed by atoms with Gasteiger partial charge in [-0.25, -0.2) is 9.79 Å². The van der Waals surface area contributed by atoms with Gasteiger partial charge in [-0.3, -0.25) is 0 Å². The van der Waals surface area contributed by atoms with Crippen molar-refractivity contribution in [3.63, 3.8) is 0 Å². The van der Waals surface area contributed by atoms with Crippen molar-refractivity contribution in [2.75, 3.05) is 0 Å². The first-order valence-electron chi connectivity index (χ1n) is 3.39. The van der Waals surface area contributed by atoms with Gasteiger partial charge >= 0.3 is 5.97 Å². The molecule has 1 aliphatic heterocycles. The monoisotopic (exact) mass is 182 g/mol. The minimum Gasteiger partial charge on any atom is -0.477 e. The zero-order valence-electron chi connectivity index (χ0n) is 6.07. The van der Waals surface area contributed by atoms with Crippen LogP contribution in [0, 0.1) is 0 Å². The standard InChI is InChI=1S/C7H6N2O2S/c10-7(11)5-1-4-2-8-3-9-6(4)12-5/h1,3H,2H2,(H,8,9)(H,10,11). The first-order chi connectivity index (χ1) is 5.77. The van der Waals surface area contributed by atoms with E-state index in [1.54, 1.807) is 12.4 Å². The fourth-order valence-corrected chi connectivity index (χ4v) is 1.88.